The van der Waals surface area contributed by atoms with Crippen molar-refractivity contribution < 1.29 is 4.39 Å². The zero-order valence-electron chi connectivity index (χ0n) is 11.8. The van der Waals surface area contributed by atoms with E-state index in [0.29, 0.717) is 6.42 Å². The molecule has 0 fully saturated rings. The maximum absolute atomic E-state index is 13.3. The molecular weight excluding hydrogens is 283 g/mol. The number of aryl methyl sites for hydroxylation is 1. The van der Waals surface area contributed by atoms with E-state index in [1.165, 1.54) is 22.4 Å². The molecule has 0 radical (unpaired) electrons. The Morgan fingerprint density at radius 3 is 2.48 bits per heavy atom. The highest BCUT2D eigenvalue weighted by molar-refractivity contribution is 6.22. The number of benzene rings is 3. The molecule has 0 saturated carbocycles. The molecule has 3 aromatic rings. The molecule has 0 nitrogen and oxygen atoms in total. The van der Waals surface area contributed by atoms with Crippen LogP contribution in [0.1, 0.15) is 22.1 Å². The highest BCUT2D eigenvalue weighted by atomic mass is 35.5. The fourth-order valence-corrected chi connectivity index (χ4v) is 3.10. The second-order valence-electron chi connectivity index (χ2n) is 5.32. The van der Waals surface area contributed by atoms with E-state index in [1.807, 2.05) is 18.2 Å². The summed E-state index contributed by atoms with van der Waals surface area (Å²) in [7, 11) is 0. The largest absolute Gasteiger partial charge is 0.207 e. The first kappa shape index (κ1) is 14.1. The Balaban J connectivity index is 1.98. The van der Waals surface area contributed by atoms with Gasteiger partial charge >= 0.3 is 0 Å². The molecule has 1 unspecified atom stereocenters. The van der Waals surface area contributed by atoms with Crippen LogP contribution in [0.2, 0.25) is 0 Å². The fraction of sp³-hybridized carbons (Fsp3) is 0.158. The molecule has 0 aliphatic rings. The summed E-state index contributed by atoms with van der Waals surface area (Å²) < 4.78 is 13.3. The molecule has 1 atom stereocenters. The van der Waals surface area contributed by atoms with Gasteiger partial charge in [-0.3, -0.25) is 0 Å². The minimum absolute atomic E-state index is 0.169. The summed E-state index contributed by atoms with van der Waals surface area (Å²) in [5.74, 6) is -0.217. The van der Waals surface area contributed by atoms with Crippen LogP contribution in [0.4, 0.5) is 4.39 Å². The van der Waals surface area contributed by atoms with Crippen molar-refractivity contribution in [2.45, 2.75) is 18.7 Å². The third kappa shape index (κ3) is 2.93. The van der Waals surface area contributed by atoms with Crippen LogP contribution in [0.25, 0.3) is 10.8 Å². The van der Waals surface area contributed by atoms with Crippen LogP contribution in [-0.4, -0.2) is 0 Å². The van der Waals surface area contributed by atoms with Gasteiger partial charge < -0.3 is 0 Å². The van der Waals surface area contributed by atoms with Crippen molar-refractivity contribution >= 4 is 22.4 Å². The Morgan fingerprint density at radius 1 is 0.952 bits per heavy atom. The summed E-state index contributed by atoms with van der Waals surface area (Å²) in [5.41, 5.74) is 3.26. The van der Waals surface area contributed by atoms with Crippen molar-refractivity contribution in [2.24, 2.45) is 0 Å². The quantitative estimate of drug-likeness (QED) is 0.535. The Labute approximate surface area is 129 Å². The van der Waals surface area contributed by atoms with Crippen LogP contribution in [0.3, 0.4) is 0 Å². The number of hydrogen-bond acceptors (Lipinski definition) is 0. The summed E-state index contributed by atoms with van der Waals surface area (Å²) in [4.78, 5) is 0. The van der Waals surface area contributed by atoms with E-state index in [-0.39, 0.29) is 11.2 Å². The molecule has 0 bridgehead atoms. The lowest BCUT2D eigenvalue weighted by molar-refractivity contribution is 0.625. The van der Waals surface area contributed by atoms with Crippen LogP contribution < -0.4 is 0 Å². The molecule has 21 heavy (non-hydrogen) atoms. The standard InChI is InChI=1S/C19H16ClF/c1-13-9-10-18(17-8-3-2-7-16(13)17)19(20)12-14-5-4-6-15(21)11-14/h2-11,19H,12H2,1H3. The van der Waals surface area contributed by atoms with E-state index < -0.39 is 0 Å². The van der Waals surface area contributed by atoms with Crippen molar-refractivity contribution in [1.82, 2.24) is 0 Å². The summed E-state index contributed by atoms with van der Waals surface area (Å²) >= 11 is 6.60. The monoisotopic (exact) mass is 298 g/mol. The number of fused-ring (bicyclic) bond motifs is 1. The number of alkyl halides is 1. The summed E-state index contributed by atoms with van der Waals surface area (Å²) in [6.45, 7) is 2.10. The zero-order valence-corrected chi connectivity index (χ0v) is 12.6. The van der Waals surface area contributed by atoms with Crippen molar-refractivity contribution in [3.8, 4) is 0 Å². The molecule has 3 rings (SSSR count). The second-order valence-corrected chi connectivity index (χ2v) is 5.85. The third-order valence-electron chi connectivity index (χ3n) is 3.82. The first-order chi connectivity index (χ1) is 10.1. The van der Waals surface area contributed by atoms with Crippen LogP contribution >= 0.6 is 11.6 Å². The lowest BCUT2D eigenvalue weighted by Crippen LogP contribution is -1.98. The van der Waals surface area contributed by atoms with Gasteiger partial charge in [-0.25, -0.2) is 4.39 Å². The highest BCUT2D eigenvalue weighted by Crippen LogP contribution is 2.32. The molecule has 2 heteroatoms. The maximum Gasteiger partial charge on any atom is 0.123 e. The van der Waals surface area contributed by atoms with Crippen LogP contribution in [0, 0.1) is 12.7 Å². The van der Waals surface area contributed by atoms with Gasteiger partial charge in [-0.15, -0.1) is 11.6 Å². The zero-order chi connectivity index (χ0) is 14.8. The van der Waals surface area contributed by atoms with Gasteiger partial charge in [-0.05, 0) is 52.9 Å². The van der Waals surface area contributed by atoms with Gasteiger partial charge in [0.05, 0.1) is 5.38 Å². The van der Waals surface area contributed by atoms with E-state index in [4.69, 9.17) is 11.6 Å². The second kappa shape index (κ2) is 5.87. The molecule has 3 aromatic carbocycles. The van der Waals surface area contributed by atoms with Crippen molar-refractivity contribution in [3.05, 3.63) is 83.2 Å². The average Bonchev–Trinajstić information content (AvgIpc) is 2.48. The minimum Gasteiger partial charge on any atom is -0.207 e. The van der Waals surface area contributed by atoms with Gasteiger partial charge in [-0.2, -0.15) is 0 Å². The van der Waals surface area contributed by atoms with Gasteiger partial charge in [0.1, 0.15) is 5.82 Å². The van der Waals surface area contributed by atoms with Gasteiger partial charge in [0.2, 0.25) is 0 Å². The summed E-state index contributed by atoms with van der Waals surface area (Å²) in [6, 6.07) is 19.1. The first-order valence-electron chi connectivity index (χ1n) is 7.02. The van der Waals surface area contributed by atoms with Gasteiger partial charge in [0.25, 0.3) is 0 Å². The molecule has 0 heterocycles. The molecule has 0 amide bonds. The Kier molecular flexibility index (Phi) is 3.94. The van der Waals surface area contributed by atoms with Crippen LogP contribution in [0.15, 0.2) is 60.7 Å². The lowest BCUT2D eigenvalue weighted by Gasteiger charge is -2.14. The molecule has 106 valence electrons. The first-order valence-corrected chi connectivity index (χ1v) is 7.45. The molecule has 0 spiro atoms. The van der Waals surface area contributed by atoms with E-state index in [1.54, 1.807) is 12.1 Å². The van der Waals surface area contributed by atoms with E-state index >= 15 is 0 Å². The molecule has 0 aliphatic heterocycles. The van der Waals surface area contributed by atoms with Crippen molar-refractivity contribution in [3.63, 3.8) is 0 Å². The van der Waals surface area contributed by atoms with E-state index in [2.05, 4.69) is 31.2 Å². The van der Waals surface area contributed by atoms with Crippen molar-refractivity contribution in [2.75, 3.05) is 0 Å². The van der Waals surface area contributed by atoms with Crippen LogP contribution in [0.5, 0.6) is 0 Å². The van der Waals surface area contributed by atoms with Crippen molar-refractivity contribution in [1.29, 1.82) is 0 Å². The van der Waals surface area contributed by atoms with Gasteiger partial charge in [-0.1, -0.05) is 48.5 Å². The topological polar surface area (TPSA) is 0 Å². The highest BCUT2D eigenvalue weighted by Gasteiger charge is 2.13. The Hall–Kier alpha value is -1.86. The number of hydrogen-bond donors (Lipinski definition) is 0. The number of halogens is 2. The predicted molar refractivity (Wildman–Crippen MR) is 87.4 cm³/mol. The smallest absolute Gasteiger partial charge is 0.123 e. The SMILES string of the molecule is Cc1ccc(C(Cl)Cc2cccc(F)c2)c2ccccc12. The normalized spacial score (nSPS) is 12.5. The molecule has 0 saturated heterocycles. The Bertz CT molecular complexity index is 779. The van der Waals surface area contributed by atoms with Gasteiger partial charge in [0.15, 0.2) is 0 Å². The minimum atomic E-state index is -0.217. The van der Waals surface area contributed by atoms with Crippen LogP contribution in [-0.2, 0) is 6.42 Å². The van der Waals surface area contributed by atoms with E-state index in [9.17, 15) is 4.39 Å². The molecule has 0 aliphatic carbocycles. The lowest BCUT2D eigenvalue weighted by atomic mass is 9.95. The molecule has 0 N–H and O–H groups in total. The Morgan fingerprint density at radius 2 is 1.71 bits per heavy atom. The third-order valence-corrected chi connectivity index (χ3v) is 4.21. The summed E-state index contributed by atoms with van der Waals surface area (Å²) in [6.07, 6.45) is 0.617. The maximum atomic E-state index is 13.3. The molecular formula is C19H16ClF. The molecule has 0 aromatic heterocycles. The predicted octanol–water partition coefficient (Wildman–Crippen LogP) is 5.81. The average molecular weight is 299 g/mol. The van der Waals surface area contributed by atoms with Gasteiger partial charge in [0, 0.05) is 0 Å². The number of rotatable bonds is 3. The fourth-order valence-electron chi connectivity index (χ4n) is 2.73. The van der Waals surface area contributed by atoms with E-state index in [0.717, 1.165) is 11.1 Å². The summed E-state index contributed by atoms with van der Waals surface area (Å²) in [5, 5.41) is 2.23.